The lowest BCUT2D eigenvalue weighted by molar-refractivity contribution is 0.930. The average molecular weight is 399 g/mol. The van der Waals surface area contributed by atoms with E-state index in [2.05, 4.69) is 43.2 Å². The Bertz CT molecular complexity index is 302. The second kappa shape index (κ2) is 15.4. The fourth-order valence-electron chi connectivity index (χ4n) is 2.31. The molecule has 0 atom stereocenters. The van der Waals surface area contributed by atoms with E-state index in [1.807, 2.05) is 10.8 Å². The molecule has 0 saturated carbocycles. The van der Waals surface area contributed by atoms with Crippen molar-refractivity contribution in [2.24, 2.45) is 5.73 Å². The SMILES string of the molecule is CC[Si](CC)(CC)CCSCCCS[SH]=CCCNC(N)=S. The van der Waals surface area contributed by atoms with Gasteiger partial charge in [0.25, 0.3) is 0 Å². The number of hydrogen-bond donors (Lipinski definition) is 3. The van der Waals surface area contributed by atoms with Crippen molar-refractivity contribution in [1.82, 2.24) is 5.32 Å². The Morgan fingerprint density at radius 2 is 1.86 bits per heavy atom. The molecule has 0 bridgehead atoms. The maximum absolute atomic E-state index is 5.37. The topological polar surface area (TPSA) is 38.0 Å². The molecule has 0 spiro atoms. The van der Waals surface area contributed by atoms with Crippen LogP contribution in [0, 0.1) is 0 Å². The van der Waals surface area contributed by atoms with E-state index in [0.29, 0.717) is 5.11 Å². The van der Waals surface area contributed by atoms with Gasteiger partial charge < -0.3 is 11.1 Å². The predicted molar refractivity (Wildman–Crippen MR) is 121 cm³/mol. The van der Waals surface area contributed by atoms with Crippen LogP contribution in [0.2, 0.25) is 24.2 Å². The number of thiocarbonyl (C=S) groups is 1. The van der Waals surface area contributed by atoms with Gasteiger partial charge in [-0.15, -0.1) is 21.2 Å². The van der Waals surface area contributed by atoms with Crippen LogP contribution in [0.15, 0.2) is 0 Å². The summed E-state index contributed by atoms with van der Waals surface area (Å²) in [6.07, 6.45) is 2.36. The summed E-state index contributed by atoms with van der Waals surface area (Å²) in [5, 5.41) is 5.65. The summed E-state index contributed by atoms with van der Waals surface area (Å²) in [5.74, 6) is 3.99. The molecule has 0 rings (SSSR count). The van der Waals surface area contributed by atoms with Crippen LogP contribution < -0.4 is 11.1 Å². The lowest BCUT2D eigenvalue weighted by Crippen LogP contribution is -2.31. The number of nitrogens with one attached hydrogen (secondary N) is 1. The normalized spacial score (nSPS) is 12.3. The van der Waals surface area contributed by atoms with Crippen molar-refractivity contribution < 1.29 is 0 Å². The zero-order chi connectivity index (χ0) is 16.7. The second-order valence-corrected chi connectivity index (χ2v) is 15.4. The highest BCUT2D eigenvalue weighted by Crippen LogP contribution is 2.27. The summed E-state index contributed by atoms with van der Waals surface area (Å²) in [4.78, 5) is 0. The molecule has 0 fully saturated rings. The standard InChI is InChI=1S/C15H34N2S4Si/c1-4-22(5-2,6-3)14-13-19-10-8-12-21-20-11-7-9-17-15(16)18/h11,20H,4-10,12-14H2,1-3H3,(H3,16,17,18). The van der Waals surface area contributed by atoms with Crippen molar-refractivity contribution in [3.05, 3.63) is 0 Å². The molecular formula is C15H34N2S4Si. The largest absolute Gasteiger partial charge is 0.376 e. The van der Waals surface area contributed by atoms with Crippen LogP contribution in [-0.4, -0.2) is 42.4 Å². The smallest absolute Gasteiger partial charge is 0.163 e. The average Bonchev–Trinajstić information content (AvgIpc) is 2.52. The van der Waals surface area contributed by atoms with Gasteiger partial charge in [0.1, 0.15) is 0 Å². The van der Waals surface area contributed by atoms with Gasteiger partial charge in [-0.2, -0.15) is 11.8 Å². The van der Waals surface area contributed by atoms with Gasteiger partial charge in [0.05, 0.1) is 8.07 Å². The Balaban J connectivity index is 3.43. The van der Waals surface area contributed by atoms with Crippen LogP contribution in [0.5, 0.6) is 0 Å². The molecular weight excluding hydrogens is 365 g/mol. The quantitative estimate of drug-likeness (QED) is 0.129. The number of thioether (sulfide) groups is 1. The summed E-state index contributed by atoms with van der Waals surface area (Å²) in [6.45, 7) is 8.09. The maximum Gasteiger partial charge on any atom is 0.163 e. The minimum Gasteiger partial charge on any atom is -0.376 e. The van der Waals surface area contributed by atoms with Gasteiger partial charge in [0.2, 0.25) is 0 Å². The van der Waals surface area contributed by atoms with E-state index < -0.39 is 8.07 Å². The Labute approximate surface area is 155 Å². The molecule has 2 nitrogen and oxygen atoms in total. The molecule has 0 aliphatic carbocycles. The molecule has 0 radical (unpaired) electrons. The summed E-state index contributed by atoms with van der Waals surface area (Å²) >= 11 is 6.93. The third kappa shape index (κ3) is 12.3. The molecule has 0 aliphatic rings. The van der Waals surface area contributed by atoms with Gasteiger partial charge >= 0.3 is 0 Å². The molecule has 0 unspecified atom stereocenters. The van der Waals surface area contributed by atoms with Crippen LogP contribution in [0.4, 0.5) is 0 Å². The minimum absolute atomic E-state index is 0.399. The van der Waals surface area contributed by atoms with Gasteiger partial charge in [-0.25, -0.2) is 0 Å². The molecule has 0 aromatic rings. The molecule has 0 heterocycles. The molecule has 0 aromatic heterocycles. The molecule has 0 amide bonds. The lowest BCUT2D eigenvalue weighted by Gasteiger charge is -2.27. The van der Waals surface area contributed by atoms with Crippen molar-refractivity contribution in [2.75, 3.05) is 23.8 Å². The number of nitrogens with two attached hydrogens (primary N) is 1. The summed E-state index contributed by atoms with van der Waals surface area (Å²) in [7, 11) is 2.51. The van der Waals surface area contributed by atoms with E-state index in [0.717, 1.165) is 13.0 Å². The highest BCUT2D eigenvalue weighted by Gasteiger charge is 2.25. The van der Waals surface area contributed by atoms with Gasteiger partial charge in [0, 0.05) is 12.3 Å². The van der Waals surface area contributed by atoms with E-state index in [4.69, 9.17) is 18.0 Å². The first-order chi connectivity index (χ1) is 10.6. The summed E-state index contributed by atoms with van der Waals surface area (Å²) in [6, 6.07) is 5.93. The summed E-state index contributed by atoms with van der Waals surface area (Å²) < 4.78 is 0. The van der Waals surface area contributed by atoms with E-state index in [1.165, 1.54) is 58.2 Å². The van der Waals surface area contributed by atoms with E-state index >= 15 is 0 Å². The molecule has 7 heteroatoms. The van der Waals surface area contributed by atoms with Crippen molar-refractivity contribution >= 4 is 63.7 Å². The highest BCUT2D eigenvalue weighted by molar-refractivity contribution is 8.75. The van der Waals surface area contributed by atoms with Crippen LogP contribution >= 0.6 is 45.2 Å². The predicted octanol–water partition coefficient (Wildman–Crippen LogP) is 4.76. The van der Waals surface area contributed by atoms with Crippen LogP contribution in [0.1, 0.15) is 33.6 Å². The van der Waals surface area contributed by atoms with Crippen molar-refractivity contribution in [3.63, 3.8) is 0 Å². The van der Waals surface area contributed by atoms with E-state index in [9.17, 15) is 0 Å². The van der Waals surface area contributed by atoms with Gasteiger partial charge in [-0.05, 0) is 42.6 Å². The lowest BCUT2D eigenvalue weighted by atomic mass is 10.5. The Kier molecular flexibility index (Phi) is 15.9. The number of thiol groups is 1. The third-order valence-corrected chi connectivity index (χ3v) is 14.1. The third-order valence-electron chi connectivity index (χ3n) is 4.27. The Morgan fingerprint density at radius 3 is 2.45 bits per heavy atom. The first-order valence-corrected chi connectivity index (χ1v) is 15.3. The zero-order valence-corrected chi connectivity index (χ0v) is 18.7. The van der Waals surface area contributed by atoms with Crippen molar-refractivity contribution in [3.8, 4) is 0 Å². The second-order valence-electron chi connectivity index (χ2n) is 5.48. The van der Waals surface area contributed by atoms with Crippen LogP contribution in [-0.2, 0) is 0 Å². The van der Waals surface area contributed by atoms with Gasteiger partial charge in [-0.3, -0.25) is 0 Å². The summed E-state index contributed by atoms with van der Waals surface area (Å²) in [5.41, 5.74) is 5.37. The minimum atomic E-state index is -0.876. The highest BCUT2D eigenvalue weighted by atomic mass is 33.1. The first-order valence-electron chi connectivity index (χ1n) is 8.35. The van der Waals surface area contributed by atoms with Crippen molar-refractivity contribution in [1.29, 1.82) is 0 Å². The zero-order valence-electron chi connectivity index (χ0n) is 14.4. The molecule has 132 valence electrons. The van der Waals surface area contributed by atoms with E-state index in [1.54, 1.807) is 0 Å². The fourth-order valence-corrected chi connectivity index (χ4v) is 10.1. The van der Waals surface area contributed by atoms with Crippen LogP contribution in [0.3, 0.4) is 0 Å². The molecule has 0 saturated heterocycles. The van der Waals surface area contributed by atoms with Crippen LogP contribution in [0.25, 0.3) is 0 Å². The van der Waals surface area contributed by atoms with E-state index in [-0.39, 0.29) is 0 Å². The molecule has 0 aliphatic heterocycles. The monoisotopic (exact) mass is 398 g/mol. The molecule has 0 aromatic carbocycles. The number of rotatable bonds is 14. The first kappa shape index (κ1) is 22.8. The Morgan fingerprint density at radius 1 is 1.18 bits per heavy atom. The molecule has 3 N–H and O–H groups in total. The number of hydrogen-bond acceptors (Lipinski definition) is 3. The fraction of sp³-hybridized carbons (Fsp3) is 0.867. The van der Waals surface area contributed by atoms with Crippen molar-refractivity contribution in [2.45, 2.75) is 57.8 Å². The van der Waals surface area contributed by atoms with Gasteiger partial charge in [0.15, 0.2) is 5.11 Å². The maximum atomic E-state index is 5.37. The van der Waals surface area contributed by atoms with Gasteiger partial charge in [-0.1, -0.05) is 44.3 Å². The molecule has 22 heavy (non-hydrogen) atoms. The Hall–Kier alpha value is 0.827.